The summed E-state index contributed by atoms with van der Waals surface area (Å²) in [6.07, 6.45) is 0.659. The fourth-order valence-corrected chi connectivity index (χ4v) is 5.31. The van der Waals surface area contributed by atoms with Gasteiger partial charge in [0.15, 0.2) is 11.5 Å². The zero-order valence-corrected chi connectivity index (χ0v) is 19.7. The maximum atomic E-state index is 13.2. The lowest BCUT2D eigenvalue weighted by molar-refractivity contribution is 0.132. The van der Waals surface area contributed by atoms with Crippen molar-refractivity contribution in [2.45, 2.75) is 30.8 Å². The molecule has 3 aromatic rings. The van der Waals surface area contributed by atoms with Gasteiger partial charge in [0.25, 0.3) is 10.0 Å². The van der Waals surface area contributed by atoms with Gasteiger partial charge in [0, 0.05) is 39.2 Å². The molecule has 3 aromatic carbocycles. The van der Waals surface area contributed by atoms with Crippen molar-refractivity contribution in [3.63, 3.8) is 0 Å². The Bertz CT molecular complexity index is 1230. The lowest BCUT2D eigenvalue weighted by atomic mass is 10.0. The molecule has 0 fully saturated rings. The van der Waals surface area contributed by atoms with E-state index in [9.17, 15) is 8.42 Å². The monoisotopic (exact) mass is 509 g/mol. The van der Waals surface area contributed by atoms with Crippen LogP contribution in [0.5, 0.6) is 11.5 Å². The summed E-state index contributed by atoms with van der Waals surface area (Å²) >= 11 is 9.60. The predicted molar refractivity (Wildman–Crippen MR) is 124 cm³/mol. The molecule has 158 valence electrons. The fourth-order valence-electron chi connectivity index (χ4n) is 3.67. The Labute approximate surface area is 189 Å². The highest BCUT2D eigenvalue weighted by molar-refractivity contribution is 9.09. The molecule has 0 aromatic heterocycles. The van der Waals surface area contributed by atoms with E-state index in [1.807, 2.05) is 19.9 Å². The second-order valence-electron chi connectivity index (χ2n) is 7.74. The maximum Gasteiger partial charge on any atom is 0.262 e. The van der Waals surface area contributed by atoms with Gasteiger partial charge in [0.2, 0.25) is 0 Å². The van der Waals surface area contributed by atoms with Gasteiger partial charge in [0.1, 0.15) is 5.60 Å². The summed E-state index contributed by atoms with van der Waals surface area (Å²) in [7, 11) is -3.85. The Morgan fingerprint density at radius 3 is 2.63 bits per heavy atom. The molecule has 0 unspecified atom stereocenters. The molecule has 0 radical (unpaired) electrons. The van der Waals surface area contributed by atoms with Crippen LogP contribution in [0, 0.1) is 0 Å². The number of hydrogen-bond donors (Lipinski definition) is 1. The van der Waals surface area contributed by atoms with E-state index in [0.29, 0.717) is 51.3 Å². The van der Waals surface area contributed by atoms with Gasteiger partial charge in [-0.2, -0.15) is 0 Å². The first-order valence-electron chi connectivity index (χ1n) is 9.45. The van der Waals surface area contributed by atoms with Crippen molar-refractivity contribution < 1.29 is 17.9 Å². The minimum absolute atomic E-state index is 0.169. The summed E-state index contributed by atoms with van der Waals surface area (Å²) in [5, 5.41) is 2.41. The summed E-state index contributed by atoms with van der Waals surface area (Å²) in [4.78, 5) is 0.169. The molecule has 0 bridgehead atoms. The lowest BCUT2D eigenvalue weighted by Gasteiger charge is -2.18. The number of alkyl halides is 1. The smallest absolute Gasteiger partial charge is 0.262 e. The normalized spacial score (nSPS) is 14.9. The van der Waals surface area contributed by atoms with Crippen LogP contribution in [0.3, 0.4) is 0 Å². The van der Waals surface area contributed by atoms with E-state index in [2.05, 4.69) is 20.7 Å². The standard InChI is InChI=1S/C22H21BrClNO4S/c1-22(2)13-14-11-15(12-19(21(14)29-22)28-10-9-23)25-30(26,27)20-8-7-18(24)16-5-3-4-6-17(16)20/h3-8,11-12,25H,9-10,13H2,1-2H3. The highest BCUT2D eigenvalue weighted by atomic mass is 79.9. The molecule has 1 aliphatic rings. The molecular formula is C22H21BrClNO4S. The van der Waals surface area contributed by atoms with Crippen LogP contribution in [0.4, 0.5) is 5.69 Å². The molecule has 0 saturated heterocycles. The molecule has 1 N–H and O–H groups in total. The van der Waals surface area contributed by atoms with Crippen LogP contribution < -0.4 is 14.2 Å². The van der Waals surface area contributed by atoms with Crippen LogP contribution >= 0.6 is 27.5 Å². The number of sulfonamides is 1. The van der Waals surface area contributed by atoms with Crippen LogP contribution in [-0.4, -0.2) is 26.0 Å². The van der Waals surface area contributed by atoms with Gasteiger partial charge in [-0.05, 0) is 32.0 Å². The molecule has 0 aliphatic carbocycles. The van der Waals surface area contributed by atoms with E-state index in [4.69, 9.17) is 21.1 Å². The summed E-state index contributed by atoms with van der Waals surface area (Å²) in [6, 6.07) is 13.8. The molecule has 0 amide bonds. The number of halogens is 2. The third-order valence-electron chi connectivity index (χ3n) is 4.83. The van der Waals surface area contributed by atoms with Crippen molar-refractivity contribution >= 4 is 54.0 Å². The average Bonchev–Trinajstić information content (AvgIpc) is 3.00. The number of hydrogen-bond acceptors (Lipinski definition) is 4. The van der Waals surface area contributed by atoms with E-state index >= 15 is 0 Å². The van der Waals surface area contributed by atoms with Crippen molar-refractivity contribution in [2.24, 2.45) is 0 Å². The Kier molecular flexibility index (Phi) is 5.64. The minimum Gasteiger partial charge on any atom is -0.489 e. The van der Waals surface area contributed by atoms with Crippen molar-refractivity contribution in [1.29, 1.82) is 0 Å². The van der Waals surface area contributed by atoms with Gasteiger partial charge in [-0.25, -0.2) is 8.42 Å². The Balaban J connectivity index is 1.75. The first-order chi connectivity index (χ1) is 14.2. The Morgan fingerprint density at radius 2 is 1.90 bits per heavy atom. The van der Waals surface area contributed by atoms with Gasteiger partial charge in [-0.3, -0.25) is 4.72 Å². The first-order valence-corrected chi connectivity index (χ1v) is 12.4. The highest BCUT2D eigenvalue weighted by Crippen LogP contribution is 2.44. The highest BCUT2D eigenvalue weighted by Gasteiger charge is 2.33. The maximum absolute atomic E-state index is 13.2. The molecule has 0 saturated carbocycles. The zero-order chi connectivity index (χ0) is 21.5. The van der Waals surface area contributed by atoms with Gasteiger partial charge in [0.05, 0.1) is 17.2 Å². The third kappa shape index (κ3) is 4.11. The summed E-state index contributed by atoms with van der Waals surface area (Å²) in [6.45, 7) is 4.42. The van der Waals surface area contributed by atoms with Crippen LogP contribution in [0.2, 0.25) is 5.02 Å². The SMILES string of the molecule is CC1(C)Cc2cc(NS(=O)(=O)c3ccc(Cl)c4ccccc34)cc(OCCBr)c2O1. The molecule has 8 heteroatoms. The van der Waals surface area contributed by atoms with E-state index < -0.39 is 10.0 Å². The van der Waals surface area contributed by atoms with Crippen molar-refractivity contribution in [1.82, 2.24) is 0 Å². The number of anilines is 1. The lowest BCUT2D eigenvalue weighted by Crippen LogP contribution is -2.24. The summed E-state index contributed by atoms with van der Waals surface area (Å²) in [5.74, 6) is 1.19. The topological polar surface area (TPSA) is 64.6 Å². The zero-order valence-electron chi connectivity index (χ0n) is 16.5. The van der Waals surface area contributed by atoms with Crippen molar-refractivity contribution in [2.75, 3.05) is 16.7 Å². The van der Waals surface area contributed by atoms with Gasteiger partial charge < -0.3 is 9.47 Å². The van der Waals surface area contributed by atoms with E-state index in [1.165, 1.54) is 6.07 Å². The Morgan fingerprint density at radius 1 is 1.17 bits per heavy atom. The largest absolute Gasteiger partial charge is 0.489 e. The number of fused-ring (bicyclic) bond motifs is 2. The van der Waals surface area contributed by atoms with Crippen molar-refractivity contribution in [3.05, 3.63) is 59.1 Å². The second-order valence-corrected chi connectivity index (χ2v) is 10.6. The van der Waals surface area contributed by atoms with Crippen molar-refractivity contribution in [3.8, 4) is 11.5 Å². The molecule has 30 heavy (non-hydrogen) atoms. The predicted octanol–water partition coefficient (Wildman–Crippen LogP) is 5.78. The van der Waals surface area contributed by atoms with Gasteiger partial charge in [-0.1, -0.05) is 51.8 Å². The van der Waals surface area contributed by atoms with E-state index in [0.717, 1.165) is 5.56 Å². The fraction of sp³-hybridized carbons (Fsp3) is 0.273. The molecule has 0 atom stereocenters. The number of nitrogens with one attached hydrogen (secondary N) is 1. The number of benzene rings is 3. The van der Waals surface area contributed by atoms with Crippen LogP contribution in [0.1, 0.15) is 19.4 Å². The van der Waals surface area contributed by atoms with Gasteiger partial charge >= 0.3 is 0 Å². The average molecular weight is 511 g/mol. The van der Waals surface area contributed by atoms with E-state index in [1.54, 1.807) is 36.4 Å². The third-order valence-corrected chi connectivity index (χ3v) is 6.93. The first kappa shape index (κ1) is 21.3. The Hall–Kier alpha value is -1.96. The van der Waals surface area contributed by atoms with Crippen LogP contribution in [0.15, 0.2) is 53.4 Å². The molecule has 1 heterocycles. The molecule has 0 spiro atoms. The summed E-state index contributed by atoms with van der Waals surface area (Å²) in [5.41, 5.74) is 0.961. The molecule has 5 nitrogen and oxygen atoms in total. The quantitative estimate of drug-likeness (QED) is 0.427. The van der Waals surface area contributed by atoms with E-state index in [-0.39, 0.29) is 10.5 Å². The second kappa shape index (κ2) is 7.94. The van der Waals surface area contributed by atoms with Crippen LogP contribution in [-0.2, 0) is 16.4 Å². The molecule has 1 aliphatic heterocycles. The van der Waals surface area contributed by atoms with Gasteiger partial charge in [-0.15, -0.1) is 0 Å². The minimum atomic E-state index is -3.85. The van der Waals surface area contributed by atoms with Crippen LogP contribution in [0.25, 0.3) is 10.8 Å². The number of ether oxygens (including phenoxy) is 2. The number of rotatable bonds is 6. The summed E-state index contributed by atoms with van der Waals surface area (Å²) < 4.78 is 41.0. The molecular weight excluding hydrogens is 490 g/mol. The molecule has 4 rings (SSSR count).